The third-order valence-corrected chi connectivity index (χ3v) is 6.08. The van der Waals surface area contributed by atoms with Gasteiger partial charge in [0.1, 0.15) is 0 Å². The number of hydrogen-bond acceptors (Lipinski definition) is 5. The highest BCUT2D eigenvalue weighted by atomic mass is 32.2. The van der Waals surface area contributed by atoms with Crippen molar-refractivity contribution in [1.82, 2.24) is 4.98 Å². The molecule has 0 unspecified atom stereocenters. The molecule has 0 saturated carbocycles. The number of esters is 1. The zero-order chi connectivity index (χ0) is 20.3. The van der Waals surface area contributed by atoms with E-state index in [1.807, 2.05) is 32.0 Å². The molecule has 28 heavy (non-hydrogen) atoms. The van der Waals surface area contributed by atoms with Gasteiger partial charge in [0.05, 0.1) is 17.7 Å². The van der Waals surface area contributed by atoms with Crippen molar-refractivity contribution in [3.8, 4) is 0 Å². The molecule has 0 fully saturated rings. The maximum absolute atomic E-state index is 13.3. The minimum Gasteiger partial charge on any atom is -0.464 e. The van der Waals surface area contributed by atoms with Crippen molar-refractivity contribution in [3.05, 3.63) is 65.5 Å². The first-order valence-corrected chi connectivity index (χ1v) is 10.5. The minimum atomic E-state index is -3.88. The van der Waals surface area contributed by atoms with Crippen molar-refractivity contribution < 1.29 is 17.9 Å². The molecule has 0 aliphatic carbocycles. The van der Waals surface area contributed by atoms with Gasteiger partial charge in [0.15, 0.2) is 5.69 Å². The lowest BCUT2D eigenvalue weighted by Crippen LogP contribution is -2.16. The maximum atomic E-state index is 13.3. The van der Waals surface area contributed by atoms with Crippen LogP contribution in [0.25, 0.3) is 10.8 Å². The van der Waals surface area contributed by atoms with Gasteiger partial charge in [-0.1, -0.05) is 44.2 Å². The van der Waals surface area contributed by atoms with E-state index in [0.717, 1.165) is 11.1 Å². The molecule has 3 rings (SSSR count). The second-order valence-corrected chi connectivity index (χ2v) is 7.92. The van der Waals surface area contributed by atoms with E-state index < -0.39 is 16.0 Å². The highest BCUT2D eigenvalue weighted by molar-refractivity contribution is 7.93. The lowest BCUT2D eigenvalue weighted by Gasteiger charge is -2.17. The average Bonchev–Trinajstić information content (AvgIpc) is 2.72. The number of carbonyl (C=O) groups excluding carboxylic acids is 1. The molecule has 0 saturated heterocycles. The first-order chi connectivity index (χ1) is 13.4. The first kappa shape index (κ1) is 19.8. The van der Waals surface area contributed by atoms with E-state index in [-0.39, 0.29) is 10.6 Å². The van der Waals surface area contributed by atoms with Crippen LogP contribution in [0.15, 0.2) is 53.6 Å². The van der Waals surface area contributed by atoms with Crippen molar-refractivity contribution in [3.63, 3.8) is 0 Å². The molecule has 146 valence electrons. The summed E-state index contributed by atoms with van der Waals surface area (Å²) in [7, 11) is -2.62. The summed E-state index contributed by atoms with van der Waals surface area (Å²) in [6.45, 7) is 3.97. The van der Waals surface area contributed by atoms with Crippen molar-refractivity contribution in [2.45, 2.75) is 31.6 Å². The number of benzene rings is 2. The second-order valence-electron chi connectivity index (χ2n) is 6.27. The summed E-state index contributed by atoms with van der Waals surface area (Å²) >= 11 is 0. The summed E-state index contributed by atoms with van der Waals surface area (Å²) in [6, 6.07) is 12.1. The number of methoxy groups -OCH3 is 1. The van der Waals surface area contributed by atoms with Crippen LogP contribution in [0.3, 0.4) is 0 Å². The molecule has 7 heteroatoms. The second kappa shape index (κ2) is 7.98. The van der Waals surface area contributed by atoms with E-state index >= 15 is 0 Å². The van der Waals surface area contributed by atoms with E-state index in [0.29, 0.717) is 29.3 Å². The Morgan fingerprint density at radius 2 is 1.64 bits per heavy atom. The normalized spacial score (nSPS) is 11.4. The fourth-order valence-electron chi connectivity index (χ4n) is 3.23. The molecule has 0 spiro atoms. The number of ether oxygens (including phenoxy) is 1. The Hall–Kier alpha value is -2.93. The van der Waals surface area contributed by atoms with Gasteiger partial charge in [0.25, 0.3) is 10.0 Å². The number of anilines is 1. The Morgan fingerprint density at radius 1 is 1.00 bits per heavy atom. The Morgan fingerprint density at radius 3 is 2.25 bits per heavy atom. The predicted octanol–water partition coefficient (Wildman–Crippen LogP) is 3.95. The van der Waals surface area contributed by atoms with Crippen LogP contribution >= 0.6 is 0 Å². The number of fused-ring (bicyclic) bond motifs is 1. The monoisotopic (exact) mass is 398 g/mol. The smallest absolute Gasteiger partial charge is 0.357 e. The van der Waals surface area contributed by atoms with Crippen LogP contribution in [-0.2, 0) is 27.6 Å². The molecule has 1 heterocycles. The van der Waals surface area contributed by atoms with Gasteiger partial charge >= 0.3 is 5.97 Å². The molecule has 0 aliphatic heterocycles. The third-order valence-electron chi connectivity index (χ3n) is 4.67. The van der Waals surface area contributed by atoms with Gasteiger partial charge in [0.2, 0.25) is 0 Å². The van der Waals surface area contributed by atoms with Gasteiger partial charge in [-0.15, -0.1) is 0 Å². The molecule has 0 bridgehead atoms. The standard InChI is InChI=1S/C21H22N2O4S/c1-4-14-8-6-9-15(5-2)19(14)23-28(25,26)18-11-7-10-17-16(18)12-13-22-20(17)21(24)27-3/h6-13,23H,4-5H2,1-3H3. The highest BCUT2D eigenvalue weighted by Gasteiger charge is 2.22. The van der Waals surface area contributed by atoms with E-state index in [2.05, 4.69) is 9.71 Å². The fourth-order valence-corrected chi connectivity index (χ4v) is 4.60. The van der Waals surface area contributed by atoms with E-state index in [4.69, 9.17) is 4.74 Å². The number of hydrogen-bond donors (Lipinski definition) is 1. The summed E-state index contributed by atoms with van der Waals surface area (Å²) in [4.78, 5) is 16.1. The summed E-state index contributed by atoms with van der Waals surface area (Å²) in [5.74, 6) is -0.613. The quantitative estimate of drug-likeness (QED) is 0.636. The van der Waals surface area contributed by atoms with E-state index in [9.17, 15) is 13.2 Å². The van der Waals surface area contributed by atoms with Crippen LogP contribution in [0.2, 0.25) is 0 Å². The topological polar surface area (TPSA) is 85.4 Å². The Balaban J connectivity index is 2.17. The SMILES string of the molecule is CCc1cccc(CC)c1NS(=O)(=O)c1cccc2c(C(=O)OC)nccc12. The molecule has 0 atom stereocenters. The number of carbonyl (C=O) groups is 1. The number of aryl methyl sites for hydroxylation is 2. The van der Waals surface area contributed by atoms with Crippen molar-refractivity contribution in [2.75, 3.05) is 11.8 Å². The zero-order valence-electron chi connectivity index (χ0n) is 16.0. The molecule has 1 aromatic heterocycles. The van der Waals surface area contributed by atoms with Crippen molar-refractivity contribution in [1.29, 1.82) is 0 Å². The van der Waals surface area contributed by atoms with Crippen LogP contribution < -0.4 is 4.72 Å². The van der Waals surface area contributed by atoms with Crippen molar-refractivity contribution in [2.24, 2.45) is 0 Å². The molecular formula is C21H22N2O4S. The number of nitrogens with one attached hydrogen (secondary N) is 1. The summed E-state index contributed by atoms with van der Waals surface area (Å²) in [5.41, 5.74) is 2.56. The van der Waals surface area contributed by atoms with Gasteiger partial charge < -0.3 is 4.74 Å². The van der Waals surface area contributed by atoms with Crippen LogP contribution in [0, 0.1) is 0 Å². The number of para-hydroxylation sites is 1. The lowest BCUT2D eigenvalue weighted by molar-refractivity contribution is 0.0596. The van der Waals surface area contributed by atoms with Gasteiger partial charge in [0, 0.05) is 17.0 Å². The molecule has 0 radical (unpaired) electrons. The maximum Gasteiger partial charge on any atom is 0.357 e. The van der Waals surface area contributed by atoms with Gasteiger partial charge in [-0.3, -0.25) is 4.72 Å². The van der Waals surface area contributed by atoms with Crippen LogP contribution in [0.4, 0.5) is 5.69 Å². The fraction of sp³-hybridized carbons (Fsp3) is 0.238. The van der Waals surface area contributed by atoms with Crippen LogP contribution in [0.5, 0.6) is 0 Å². The molecule has 1 N–H and O–H groups in total. The molecular weight excluding hydrogens is 376 g/mol. The van der Waals surface area contributed by atoms with E-state index in [1.54, 1.807) is 18.2 Å². The minimum absolute atomic E-state index is 0.0836. The highest BCUT2D eigenvalue weighted by Crippen LogP contribution is 2.29. The summed E-state index contributed by atoms with van der Waals surface area (Å²) < 4.78 is 34.0. The third kappa shape index (κ3) is 3.57. The number of pyridine rings is 1. The van der Waals surface area contributed by atoms with Crippen molar-refractivity contribution >= 4 is 32.5 Å². The zero-order valence-corrected chi connectivity index (χ0v) is 16.8. The summed E-state index contributed by atoms with van der Waals surface area (Å²) in [5, 5.41) is 0.842. The number of rotatable bonds is 6. The lowest BCUT2D eigenvalue weighted by atomic mass is 10.0. The van der Waals surface area contributed by atoms with Gasteiger partial charge in [-0.05, 0) is 36.1 Å². The van der Waals surface area contributed by atoms with Crippen LogP contribution in [0.1, 0.15) is 35.5 Å². The number of sulfonamides is 1. The molecule has 2 aromatic carbocycles. The average molecular weight is 398 g/mol. The van der Waals surface area contributed by atoms with E-state index in [1.165, 1.54) is 19.4 Å². The molecule has 6 nitrogen and oxygen atoms in total. The number of nitrogens with zero attached hydrogens (tertiary/aromatic N) is 1. The largest absolute Gasteiger partial charge is 0.464 e. The van der Waals surface area contributed by atoms with Gasteiger partial charge in [-0.25, -0.2) is 18.2 Å². The Labute approximate surface area is 164 Å². The number of aromatic nitrogens is 1. The van der Waals surface area contributed by atoms with Gasteiger partial charge in [-0.2, -0.15) is 0 Å². The molecule has 0 amide bonds. The predicted molar refractivity (Wildman–Crippen MR) is 109 cm³/mol. The Bertz CT molecular complexity index is 1120. The van der Waals surface area contributed by atoms with Crippen LogP contribution in [-0.4, -0.2) is 26.5 Å². The summed E-state index contributed by atoms with van der Waals surface area (Å²) in [6.07, 6.45) is 2.82. The molecule has 3 aromatic rings. The Kier molecular flexibility index (Phi) is 5.65. The molecule has 0 aliphatic rings. The first-order valence-electron chi connectivity index (χ1n) is 9.02.